The van der Waals surface area contributed by atoms with Crippen LogP contribution in [0.15, 0.2) is 48.2 Å². The maximum atomic E-state index is 13.2. The molecule has 2 amide bonds. The number of likely N-dealkylation sites (tertiary alicyclic amines) is 1. The van der Waals surface area contributed by atoms with Crippen LogP contribution in [0.3, 0.4) is 0 Å². The second kappa shape index (κ2) is 9.07. The van der Waals surface area contributed by atoms with E-state index in [0.29, 0.717) is 29.7 Å². The average molecular weight is 483 g/mol. The molecule has 1 unspecified atom stereocenters. The Kier molecular flexibility index (Phi) is 6.42. The normalized spacial score (nSPS) is 17.5. The summed E-state index contributed by atoms with van der Waals surface area (Å²) >= 11 is 17.9. The van der Waals surface area contributed by atoms with Gasteiger partial charge in [0.15, 0.2) is 0 Å². The highest BCUT2D eigenvalue weighted by Gasteiger charge is 2.35. The third-order valence-electron chi connectivity index (χ3n) is 5.47. The summed E-state index contributed by atoms with van der Waals surface area (Å²) < 4.78 is 13.2. The van der Waals surface area contributed by atoms with Gasteiger partial charge in [-0.1, -0.05) is 40.9 Å². The summed E-state index contributed by atoms with van der Waals surface area (Å²) in [4.78, 5) is 28.7. The van der Waals surface area contributed by atoms with Crippen LogP contribution in [0.4, 0.5) is 4.39 Å². The molecule has 5 nitrogen and oxygen atoms in total. The Morgan fingerprint density at radius 2 is 1.87 bits per heavy atom. The highest BCUT2D eigenvalue weighted by atomic mass is 35.5. The number of nitrogens with zero attached hydrogens (tertiary/aromatic N) is 2. The van der Waals surface area contributed by atoms with Crippen molar-refractivity contribution < 1.29 is 14.0 Å². The van der Waals surface area contributed by atoms with Crippen LogP contribution in [0.2, 0.25) is 15.1 Å². The van der Waals surface area contributed by atoms with E-state index in [-0.39, 0.29) is 29.0 Å². The molecule has 0 radical (unpaired) electrons. The van der Waals surface area contributed by atoms with Gasteiger partial charge in [-0.3, -0.25) is 9.59 Å². The van der Waals surface area contributed by atoms with Crippen LogP contribution < -0.4 is 5.32 Å². The van der Waals surface area contributed by atoms with Gasteiger partial charge in [0.25, 0.3) is 5.91 Å². The third kappa shape index (κ3) is 4.97. The topological polar surface area (TPSA) is 52.7 Å². The van der Waals surface area contributed by atoms with Crippen molar-refractivity contribution in [2.75, 3.05) is 26.2 Å². The molecule has 1 fully saturated rings. The quantitative estimate of drug-likeness (QED) is 0.688. The summed E-state index contributed by atoms with van der Waals surface area (Å²) in [5, 5.41) is 3.68. The molecule has 2 aliphatic rings. The summed E-state index contributed by atoms with van der Waals surface area (Å²) in [5.41, 5.74) is 2.39. The van der Waals surface area contributed by atoms with Crippen LogP contribution in [-0.2, 0) is 11.3 Å². The van der Waals surface area contributed by atoms with Gasteiger partial charge in [0, 0.05) is 53.9 Å². The highest BCUT2D eigenvalue weighted by molar-refractivity contribution is 6.35. The molecule has 1 N–H and O–H groups in total. The lowest BCUT2D eigenvalue weighted by molar-refractivity contribution is -0.129. The van der Waals surface area contributed by atoms with Gasteiger partial charge in [0.2, 0.25) is 5.91 Å². The van der Waals surface area contributed by atoms with Crippen molar-refractivity contribution in [3.05, 3.63) is 80.2 Å². The Hall–Kier alpha value is -2.28. The summed E-state index contributed by atoms with van der Waals surface area (Å²) in [6.07, 6.45) is 2.09. The number of halogens is 4. The summed E-state index contributed by atoms with van der Waals surface area (Å²) in [7, 11) is 0. The number of benzene rings is 2. The van der Waals surface area contributed by atoms with Gasteiger partial charge in [-0.15, -0.1) is 0 Å². The minimum atomic E-state index is -0.599. The number of fused-ring (bicyclic) bond motifs is 1. The van der Waals surface area contributed by atoms with Crippen LogP contribution in [0.5, 0.6) is 0 Å². The molecule has 2 aliphatic heterocycles. The van der Waals surface area contributed by atoms with E-state index in [4.69, 9.17) is 34.8 Å². The predicted octanol–water partition coefficient (Wildman–Crippen LogP) is 4.37. The van der Waals surface area contributed by atoms with E-state index >= 15 is 0 Å². The molecule has 2 aromatic carbocycles. The number of carbonyl (C=O) groups is 2. The Morgan fingerprint density at radius 3 is 2.58 bits per heavy atom. The van der Waals surface area contributed by atoms with Crippen LogP contribution in [0.25, 0.3) is 0 Å². The second-order valence-corrected chi connectivity index (χ2v) is 8.90. The van der Waals surface area contributed by atoms with E-state index in [1.165, 1.54) is 17.7 Å². The fraction of sp³-hybridized carbons (Fsp3) is 0.273. The van der Waals surface area contributed by atoms with Crippen LogP contribution in [-0.4, -0.2) is 47.8 Å². The van der Waals surface area contributed by atoms with E-state index in [1.807, 2.05) is 12.1 Å². The van der Waals surface area contributed by atoms with Gasteiger partial charge >= 0.3 is 0 Å². The molecule has 0 bridgehead atoms. The first-order chi connectivity index (χ1) is 14.8. The highest BCUT2D eigenvalue weighted by Crippen LogP contribution is 2.31. The van der Waals surface area contributed by atoms with Gasteiger partial charge in [0.05, 0.1) is 11.6 Å². The van der Waals surface area contributed by atoms with Gasteiger partial charge < -0.3 is 15.1 Å². The summed E-state index contributed by atoms with van der Waals surface area (Å²) in [6.45, 7) is 2.50. The second-order valence-electron chi connectivity index (χ2n) is 7.65. The Labute approximate surface area is 194 Å². The molecule has 2 heterocycles. The van der Waals surface area contributed by atoms with Crippen molar-refractivity contribution in [1.82, 2.24) is 15.1 Å². The zero-order valence-corrected chi connectivity index (χ0v) is 18.6. The van der Waals surface area contributed by atoms with Gasteiger partial charge in [-0.2, -0.15) is 0 Å². The largest absolute Gasteiger partial charge is 0.372 e. The zero-order valence-electron chi connectivity index (χ0n) is 16.4. The van der Waals surface area contributed by atoms with Gasteiger partial charge in [-0.25, -0.2) is 4.39 Å². The van der Waals surface area contributed by atoms with E-state index in [9.17, 15) is 14.0 Å². The predicted molar refractivity (Wildman–Crippen MR) is 119 cm³/mol. The molecule has 0 aromatic heterocycles. The lowest BCUT2D eigenvalue weighted by Gasteiger charge is -2.21. The molecule has 0 aliphatic carbocycles. The van der Waals surface area contributed by atoms with Crippen LogP contribution in [0, 0.1) is 11.7 Å². The zero-order chi connectivity index (χ0) is 22.1. The molecular formula is C22H19Cl3FN3O2. The molecule has 9 heteroatoms. The molecule has 162 valence electrons. The Morgan fingerprint density at radius 1 is 1.06 bits per heavy atom. The number of nitrogens with one attached hydrogen (secondary N) is 1. The Balaban J connectivity index is 1.30. The van der Waals surface area contributed by atoms with E-state index in [0.717, 1.165) is 18.2 Å². The molecule has 2 aromatic rings. The fourth-order valence-electron chi connectivity index (χ4n) is 3.86. The lowest BCUT2D eigenvalue weighted by Crippen LogP contribution is -2.39. The molecular weight excluding hydrogens is 464 g/mol. The maximum Gasteiger partial charge on any atom is 0.251 e. The average Bonchev–Trinajstić information content (AvgIpc) is 3.29. The monoisotopic (exact) mass is 481 g/mol. The van der Waals surface area contributed by atoms with Crippen molar-refractivity contribution in [2.45, 2.75) is 6.54 Å². The third-order valence-corrected chi connectivity index (χ3v) is 6.34. The smallest absolute Gasteiger partial charge is 0.251 e. The molecule has 31 heavy (non-hydrogen) atoms. The van der Waals surface area contributed by atoms with E-state index < -0.39 is 11.7 Å². The van der Waals surface area contributed by atoms with Crippen molar-refractivity contribution in [3.63, 3.8) is 0 Å². The lowest BCUT2D eigenvalue weighted by atomic mass is 10.1. The van der Waals surface area contributed by atoms with Crippen molar-refractivity contribution in [3.8, 4) is 0 Å². The van der Waals surface area contributed by atoms with Crippen molar-refractivity contribution in [1.29, 1.82) is 0 Å². The van der Waals surface area contributed by atoms with Crippen LogP contribution >= 0.6 is 34.8 Å². The van der Waals surface area contributed by atoms with E-state index in [1.54, 1.807) is 11.0 Å². The SMILES string of the molecule is O=C(NCC(=O)N1CC2=CN(Cc3ccc(Cl)cc3Cl)CC2C1)c1ccc(F)c(Cl)c1. The molecule has 1 saturated heterocycles. The molecule has 4 rings (SSSR count). The van der Waals surface area contributed by atoms with Gasteiger partial charge in [0.1, 0.15) is 5.82 Å². The number of hydrogen-bond donors (Lipinski definition) is 1. The molecule has 1 atom stereocenters. The van der Waals surface area contributed by atoms with Crippen molar-refractivity contribution in [2.24, 2.45) is 5.92 Å². The minimum absolute atomic E-state index is 0.127. The Bertz CT molecular complexity index is 1080. The molecule has 0 saturated carbocycles. The number of carbonyl (C=O) groups excluding carboxylic acids is 2. The standard InChI is InChI=1S/C22H19Cl3FN3O2/c23-17-3-1-14(18(24)6-17)8-28-9-15-11-29(12-16(15)10-28)21(30)7-27-22(31)13-2-4-20(26)19(25)5-13/h1-6,9,16H,7-8,10-12H2,(H,27,31). The number of amides is 2. The first-order valence-electron chi connectivity index (χ1n) is 9.70. The first kappa shape index (κ1) is 21.9. The summed E-state index contributed by atoms with van der Waals surface area (Å²) in [6, 6.07) is 9.16. The van der Waals surface area contributed by atoms with Crippen LogP contribution in [0.1, 0.15) is 15.9 Å². The fourth-order valence-corrected chi connectivity index (χ4v) is 4.51. The maximum absolute atomic E-state index is 13.2. The van der Waals surface area contributed by atoms with E-state index in [2.05, 4.69) is 16.4 Å². The minimum Gasteiger partial charge on any atom is -0.372 e. The molecule has 0 spiro atoms. The van der Waals surface area contributed by atoms with Crippen molar-refractivity contribution >= 4 is 46.6 Å². The first-order valence-corrected chi connectivity index (χ1v) is 10.8. The van der Waals surface area contributed by atoms with Gasteiger partial charge in [-0.05, 0) is 41.5 Å². The number of hydrogen-bond acceptors (Lipinski definition) is 3. The summed E-state index contributed by atoms with van der Waals surface area (Å²) in [5.74, 6) is -0.968. The number of rotatable bonds is 5.